The number of nitrogens with zero attached hydrogens (tertiary/aromatic N) is 1. The van der Waals surface area contributed by atoms with E-state index >= 15 is 0 Å². The number of carbonyl (C=O) groups excluding carboxylic acids is 1. The summed E-state index contributed by atoms with van der Waals surface area (Å²) in [6.07, 6.45) is 3.08. The second kappa shape index (κ2) is 6.55. The minimum absolute atomic E-state index is 0.00795. The number of aromatic nitrogens is 2. The Balaban J connectivity index is 1.66. The van der Waals surface area contributed by atoms with Crippen LogP contribution in [0.5, 0.6) is 0 Å². The molecule has 1 aliphatic heterocycles. The summed E-state index contributed by atoms with van der Waals surface area (Å²) in [5, 5.41) is 2.88. The first-order valence-corrected chi connectivity index (χ1v) is 8.81. The molecule has 0 atom stereocenters. The highest BCUT2D eigenvalue weighted by Crippen LogP contribution is 2.25. The van der Waals surface area contributed by atoms with Crippen LogP contribution in [0.3, 0.4) is 0 Å². The highest BCUT2D eigenvalue weighted by Gasteiger charge is 2.20. The molecule has 0 aliphatic carbocycles. The maximum Gasteiger partial charge on any atom is 0.253 e. The van der Waals surface area contributed by atoms with Gasteiger partial charge in [0.1, 0.15) is 0 Å². The Morgan fingerprint density at radius 2 is 1.88 bits per heavy atom. The lowest BCUT2D eigenvalue weighted by molar-refractivity contribution is 0.0946. The Hall–Kier alpha value is -2.88. The van der Waals surface area contributed by atoms with Crippen LogP contribution >= 0.6 is 0 Å². The van der Waals surface area contributed by atoms with E-state index in [0.29, 0.717) is 6.54 Å². The predicted molar refractivity (Wildman–Crippen MR) is 99.5 cm³/mol. The molecule has 25 heavy (non-hydrogen) atoms. The molecule has 126 valence electrons. The number of hydrogen-bond donors (Lipinski definition) is 2. The first-order valence-electron chi connectivity index (χ1n) is 8.81. The van der Waals surface area contributed by atoms with Gasteiger partial charge in [-0.05, 0) is 30.2 Å². The van der Waals surface area contributed by atoms with E-state index in [1.54, 1.807) is 0 Å². The average Bonchev–Trinajstić information content (AvgIpc) is 3.09. The zero-order valence-corrected chi connectivity index (χ0v) is 14.3. The van der Waals surface area contributed by atoms with Gasteiger partial charge < -0.3 is 10.3 Å². The van der Waals surface area contributed by atoms with Crippen LogP contribution in [0.4, 0.5) is 0 Å². The van der Waals surface area contributed by atoms with Crippen molar-refractivity contribution in [2.75, 3.05) is 6.54 Å². The largest absolute Gasteiger partial charge is 0.356 e. The minimum Gasteiger partial charge on any atom is -0.356 e. The third-order valence-corrected chi connectivity index (χ3v) is 4.62. The molecule has 0 fully saturated rings. The molecule has 2 N–H and O–H groups in total. The SMILES string of the molecule is CCCc1ccc(-c2cccc(-c3cc4c([nH]3)CCNC4=O)n2)cc1. The number of rotatable bonds is 4. The van der Waals surface area contributed by atoms with Crippen molar-refractivity contribution in [1.29, 1.82) is 0 Å². The third-order valence-electron chi connectivity index (χ3n) is 4.62. The summed E-state index contributed by atoms with van der Waals surface area (Å²) >= 11 is 0. The van der Waals surface area contributed by atoms with Crippen molar-refractivity contribution in [3.8, 4) is 22.6 Å². The van der Waals surface area contributed by atoms with E-state index in [2.05, 4.69) is 41.5 Å². The molecule has 4 rings (SSSR count). The molecule has 0 saturated heterocycles. The molecule has 0 unspecified atom stereocenters. The van der Waals surface area contributed by atoms with E-state index in [0.717, 1.165) is 53.2 Å². The number of pyridine rings is 1. The smallest absolute Gasteiger partial charge is 0.253 e. The minimum atomic E-state index is -0.00795. The highest BCUT2D eigenvalue weighted by atomic mass is 16.1. The summed E-state index contributed by atoms with van der Waals surface area (Å²) in [6.45, 7) is 2.87. The van der Waals surface area contributed by atoms with Crippen molar-refractivity contribution in [2.24, 2.45) is 0 Å². The lowest BCUT2D eigenvalue weighted by Gasteiger charge is -2.10. The van der Waals surface area contributed by atoms with Crippen molar-refractivity contribution in [1.82, 2.24) is 15.3 Å². The van der Waals surface area contributed by atoms with Crippen LogP contribution in [0.1, 0.15) is 35.0 Å². The number of nitrogens with one attached hydrogen (secondary N) is 2. The van der Waals surface area contributed by atoms with E-state index < -0.39 is 0 Å². The molecule has 3 aromatic rings. The molecular weight excluding hydrogens is 310 g/mol. The van der Waals surface area contributed by atoms with Gasteiger partial charge in [-0.2, -0.15) is 0 Å². The second-order valence-corrected chi connectivity index (χ2v) is 6.44. The van der Waals surface area contributed by atoms with Crippen molar-refractivity contribution >= 4 is 5.91 Å². The van der Waals surface area contributed by atoms with Crippen LogP contribution in [0.2, 0.25) is 0 Å². The number of amides is 1. The van der Waals surface area contributed by atoms with Crippen LogP contribution in [0.25, 0.3) is 22.6 Å². The van der Waals surface area contributed by atoms with Crippen LogP contribution in [0, 0.1) is 0 Å². The average molecular weight is 331 g/mol. The van der Waals surface area contributed by atoms with Crippen LogP contribution in [-0.2, 0) is 12.8 Å². The molecule has 1 aromatic carbocycles. The van der Waals surface area contributed by atoms with E-state index in [9.17, 15) is 4.79 Å². The maximum absolute atomic E-state index is 12.0. The summed E-state index contributed by atoms with van der Waals surface area (Å²) in [7, 11) is 0. The normalized spacial score (nSPS) is 13.4. The van der Waals surface area contributed by atoms with Crippen LogP contribution in [-0.4, -0.2) is 22.4 Å². The number of hydrogen-bond acceptors (Lipinski definition) is 2. The molecule has 0 bridgehead atoms. The Bertz CT molecular complexity index is 909. The van der Waals surface area contributed by atoms with Gasteiger partial charge in [0.05, 0.1) is 22.6 Å². The van der Waals surface area contributed by atoms with Gasteiger partial charge in [0.25, 0.3) is 5.91 Å². The Morgan fingerprint density at radius 1 is 1.08 bits per heavy atom. The molecule has 0 radical (unpaired) electrons. The lowest BCUT2D eigenvalue weighted by Crippen LogP contribution is -2.31. The summed E-state index contributed by atoms with van der Waals surface area (Å²) < 4.78 is 0. The summed E-state index contributed by atoms with van der Waals surface area (Å²) in [5.74, 6) is -0.00795. The quantitative estimate of drug-likeness (QED) is 0.759. The van der Waals surface area contributed by atoms with E-state index in [1.165, 1.54) is 5.56 Å². The zero-order chi connectivity index (χ0) is 17.2. The van der Waals surface area contributed by atoms with Crippen molar-refractivity contribution in [2.45, 2.75) is 26.2 Å². The fourth-order valence-corrected chi connectivity index (χ4v) is 3.31. The van der Waals surface area contributed by atoms with Gasteiger partial charge in [-0.15, -0.1) is 0 Å². The van der Waals surface area contributed by atoms with Gasteiger partial charge in [0.2, 0.25) is 0 Å². The highest BCUT2D eigenvalue weighted by molar-refractivity contribution is 5.97. The number of benzene rings is 1. The standard InChI is InChI=1S/C21H21N3O/c1-2-4-14-7-9-15(10-8-14)17-5-3-6-19(23-17)20-13-16-18(24-20)11-12-22-21(16)25/h3,5-10,13,24H,2,4,11-12H2,1H3,(H,22,25). The van der Waals surface area contributed by atoms with Gasteiger partial charge in [-0.1, -0.05) is 43.7 Å². The number of aromatic amines is 1. The number of fused-ring (bicyclic) bond motifs is 1. The molecule has 0 spiro atoms. The van der Waals surface area contributed by atoms with Gasteiger partial charge in [-0.25, -0.2) is 4.98 Å². The zero-order valence-electron chi connectivity index (χ0n) is 14.3. The number of carbonyl (C=O) groups is 1. The number of H-pyrrole nitrogens is 1. The maximum atomic E-state index is 12.0. The Labute approximate surface area is 147 Å². The Morgan fingerprint density at radius 3 is 2.64 bits per heavy atom. The van der Waals surface area contributed by atoms with Crippen molar-refractivity contribution in [3.05, 3.63) is 65.4 Å². The molecular formula is C21H21N3O. The van der Waals surface area contributed by atoms with E-state index in [4.69, 9.17) is 4.98 Å². The molecule has 0 saturated carbocycles. The van der Waals surface area contributed by atoms with Crippen LogP contribution in [0.15, 0.2) is 48.5 Å². The molecule has 2 aromatic heterocycles. The molecule has 1 amide bonds. The van der Waals surface area contributed by atoms with Gasteiger partial charge in [-0.3, -0.25) is 4.79 Å². The fraction of sp³-hybridized carbons (Fsp3) is 0.238. The van der Waals surface area contributed by atoms with Crippen molar-refractivity contribution in [3.63, 3.8) is 0 Å². The fourth-order valence-electron chi connectivity index (χ4n) is 3.31. The first-order chi connectivity index (χ1) is 12.2. The van der Waals surface area contributed by atoms with E-state index in [1.807, 2.05) is 24.3 Å². The molecule has 1 aliphatic rings. The molecule has 4 nitrogen and oxygen atoms in total. The van der Waals surface area contributed by atoms with Gasteiger partial charge in [0, 0.05) is 24.2 Å². The lowest BCUT2D eigenvalue weighted by atomic mass is 10.1. The Kier molecular flexibility index (Phi) is 4.10. The second-order valence-electron chi connectivity index (χ2n) is 6.44. The van der Waals surface area contributed by atoms with Gasteiger partial charge >= 0.3 is 0 Å². The number of aryl methyl sites for hydroxylation is 1. The topological polar surface area (TPSA) is 57.8 Å². The molecule has 4 heteroatoms. The third kappa shape index (κ3) is 3.07. The monoisotopic (exact) mass is 331 g/mol. The summed E-state index contributed by atoms with van der Waals surface area (Å²) in [5.41, 5.74) is 6.88. The van der Waals surface area contributed by atoms with E-state index in [-0.39, 0.29) is 5.91 Å². The van der Waals surface area contributed by atoms with Crippen LogP contribution < -0.4 is 5.32 Å². The predicted octanol–water partition coefficient (Wildman–Crippen LogP) is 3.98. The van der Waals surface area contributed by atoms with Crippen molar-refractivity contribution < 1.29 is 4.79 Å². The molecule has 3 heterocycles. The summed E-state index contributed by atoms with van der Waals surface area (Å²) in [6, 6.07) is 16.5. The van der Waals surface area contributed by atoms with Gasteiger partial charge in [0.15, 0.2) is 0 Å². The summed E-state index contributed by atoms with van der Waals surface area (Å²) in [4.78, 5) is 20.1. The first kappa shape index (κ1) is 15.6.